The molecule has 1 N–H and O–H groups in total. The van der Waals surface area contributed by atoms with E-state index in [1.807, 2.05) is 31.2 Å². The first-order valence-electron chi connectivity index (χ1n) is 6.73. The lowest BCUT2D eigenvalue weighted by Crippen LogP contribution is -2.12. The van der Waals surface area contributed by atoms with Gasteiger partial charge in [0.2, 0.25) is 16.9 Å². The molecule has 0 aliphatic carbocycles. The maximum atomic E-state index is 12.0. The largest absolute Gasteiger partial charge is 0.481 e. The van der Waals surface area contributed by atoms with E-state index >= 15 is 0 Å². The molecule has 0 atom stereocenters. The molecule has 0 unspecified atom stereocenters. The zero-order valence-electron chi connectivity index (χ0n) is 12.3. The molecule has 114 valence electrons. The Kier molecular flexibility index (Phi) is 4.78. The van der Waals surface area contributed by atoms with Crippen LogP contribution in [0, 0.1) is 6.92 Å². The van der Waals surface area contributed by atoms with Crippen LogP contribution >= 0.6 is 0 Å². The highest BCUT2D eigenvalue weighted by atomic mass is 16.5. The Bertz CT molecular complexity index is 754. The topological polar surface area (TPSA) is 76.7 Å². The molecule has 2 rings (SSSR count). The molecule has 0 bridgehead atoms. The van der Waals surface area contributed by atoms with Gasteiger partial charge in [-0.15, -0.1) is 0 Å². The van der Waals surface area contributed by atoms with Gasteiger partial charge in [-0.05, 0) is 25.5 Å². The molecule has 0 radical (unpaired) electrons. The lowest BCUT2D eigenvalue weighted by Gasteiger charge is -2.08. The lowest BCUT2D eigenvalue weighted by atomic mass is 10.2. The SMILES string of the molecule is C/C=C/c1oc(C(=O)O)cc(=O)c1OCc1ccc(C)cc1. The minimum Gasteiger partial charge on any atom is -0.481 e. The third kappa shape index (κ3) is 3.63. The number of carboxylic acids is 1. The lowest BCUT2D eigenvalue weighted by molar-refractivity contribution is 0.0657. The van der Waals surface area contributed by atoms with Crippen LogP contribution < -0.4 is 10.2 Å². The summed E-state index contributed by atoms with van der Waals surface area (Å²) in [7, 11) is 0. The fourth-order valence-corrected chi connectivity index (χ4v) is 1.85. The maximum Gasteiger partial charge on any atom is 0.371 e. The summed E-state index contributed by atoms with van der Waals surface area (Å²) >= 11 is 0. The number of benzene rings is 1. The van der Waals surface area contributed by atoms with Gasteiger partial charge in [-0.3, -0.25) is 4.79 Å². The molecule has 0 aliphatic rings. The summed E-state index contributed by atoms with van der Waals surface area (Å²) in [5, 5.41) is 8.93. The van der Waals surface area contributed by atoms with E-state index in [0.29, 0.717) is 0 Å². The van der Waals surface area contributed by atoms with E-state index in [0.717, 1.165) is 17.2 Å². The second-order valence-corrected chi connectivity index (χ2v) is 4.75. The van der Waals surface area contributed by atoms with Crippen LogP contribution in [0.1, 0.15) is 34.4 Å². The molecular formula is C17H16O5. The summed E-state index contributed by atoms with van der Waals surface area (Å²) in [4.78, 5) is 23.0. The molecule has 0 amide bonds. The van der Waals surface area contributed by atoms with Gasteiger partial charge in [0.15, 0.2) is 5.76 Å². The Hall–Kier alpha value is -2.82. The summed E-state index contributed by atoms with van der Waals surface area (Å²) in [5.74, 6) is -1.61. The van der Waals surface area contributed by atoms with E-state index in [-0.39, 0.29) is 18.1 Å². The summed E-state index contributed by atoms with van der Waals surface area (Å²) in [6, 6.07) is 8.61. The van der Waals surface area contributed by atoms with Crippen molar-refractivity contribution in [1.29, 1.82) is 0 Å². The van der Waals surface area contributed by atoms with E-state index in [4.69, 9.17) is 14.3 Å². The smallest absolute Gasteiger partial charge is 0.371 e. The number of aryl methyl sites for hydroxylation is 1. The van der Waals surface area contributed by atoms with Crippen LogP contribution in [0.3, 0.4) is 0 Å². The van der Waals surface area contributed by atoms with Crippen molar-refractivity contribution in [2.24, 2.45) is 0 Å². The zero-order chi connectivity index (χ0) is 16.1. The quantitative estimate of drug-likeness (QED) is 0.917. The van der Waals surface area contributed by atoms with Gasteiger partial charge < -0.3 is 14.3 Å². The van der Waals surface area contributed by atoms with Crippen LogP contribution in [0.5, 0.6) is 5.75 Å². The predicted octanol–water partition coefficient (Wildman–Crippen LogP) is 3.26. The number of ether oxygens (including phenoxy) is 1. The summed E-state index contributed by atoms with van der Waals surface area (Å²) in [6.45, 7) is 3.91. The molecular weight excluding hydrogens is 284 g/mol. The van der Waals surface area contributed by atoms with Crippen LogP contribution in [-0.4, -0.2) is 11.1 Å². The number of carbonyl (C=O) groups is 1. The van der Waals surface area contributed by atoms with Crippen LogP contribution in [0.25, 0.3) is 6.08 Å². The second kappa shape index (κ2) is 6.76. The fourth-order valence-electron chi connectivity index (χ4n) is 1.85. The highest BCUT2D eigenvalue weighted by Gasteiger charge is 2.15. The van der Waals surface area contributed by atoms with Gasteiger partial charge in [-0.2, -0.15) is 0 Å². The molecule has 0 fully saturated rings. The highest BCUT2D eigenvalue weighted by molar-refractivity contribution is 5.84. The van der Waals surface area contributed by atoms with Crippen molar-refractivity contribution in [1.82, 2.24) is 0 Å². The fraction of sp³-hybridized carbons (Fsp3) is 0.176. The summed E-state index contributed by atoms with van der Waals surface area (Å²) in [5.41, 5.74) is 1.51. The summed E-state index contributed by atoms with van der Waals surface area (Å²) < 4.78 is 10.7. The number of rotatable bonds is 5. The summed E-state index contributed by atoms with van der Waals surface area (Å²) in [6.07, 6.45) is 3.14. The average molecular weight is 300 g/mol. The minimum absolute atomic E-state index is 0.00340. The third-order valence-corrected chi connectivity index (χ3v) is 2.96. The molecule has 1 aromatic heterocycles. The van der Waals surface area contributed by atoms with Gasteiger partial charge in [0.05, 0.1) is 0 Å². The zero-order valence-corrected chi connectivity index (χ0v) is 12.3. The standard InChI is InChI=1S/C17H16O5/c1-3-4-14-16(13(18)9-15(22-14)17(19)20)21-10-12-7-5-11(2)6-8-12/h3-9H,10H2,1-2H3,(H,19,20)/b4-3+. The maximum absolute atomic E-state index is 12.0. The van der Waals surface area contributed by atoms with Crippen molar-refractivity contribution in [3.63, 3.8) is 0 Å². The Morgan fingerprint density at radius 2 is 2.00 bits per heavy atom. The van der Waals surface area contributed by atoms with E-state index in [2.05, 4.69) is 0 Å². The van der Waals surface area contributed by atoms with Crippen molar-refractivity contribution in [2.75, 3.05) is 0 Å². The Morgan fingerprint density at radius 1 is 1.32 bits per heavy atom. The van der Waals surface area contributed by atoms with Crippen molar-refractivity contribution in [2.45, 2.75) is 20.5 Å². The van der Waals surface area contributed by atoms with Crippen molar-refractivity contribution in [3.05, 3.63) is 69.3 Å². The van der Waals surface area contributed by atoms with E-state index in [1.54, 1.807) is 13.0 Å². The molecule has 1 heterocycles. The molecule has 5 heteroatoms. The number of hydrogen-bond acceptors (Lipinski definition) is 4. The molecule has 0 saturated carbocycles. The van der Waals surface area contributed by atoms with Crippen molar-refractivity contribution in [3.8, 4) is 5.75 Å². The number of aromatic carboxylic acids is 1. The normalized spacial score (nSPS) is 10.8. The van der Waals surface area contributed by atoms with Gasteiger partial charge in [0.1, 0.15) is 6.61 Å². The molecule has 1 aromatic carbocycles. The predicted molar refractivity (Wildman–Crippen MR) is 82.2 cm³/mol. The van der Waals surface area contributed by atoms with Gasteiger partial charge in [-0.25, -0.2) is 4.79 Å². The Balaban J connectivity index is 2.31. The van der Waals surface area contributed by atoms with Gasteiger partial charge in [0.25, 0.3) is 0 Å². The number of hydrogen-bond donors (Lipinski definition) is 1. The van der Waals surface area contributed by atoms with Crippen molar-refractivity contribution < 1.29 is 19.1 Å². The Morgan fingerprint density at radius 3 is 2.59 bits per heavy atom. The second-order valence-electron chi connectivity index (χ2n) is 4.75. The molecule has 22 heavy (non-hydrogen) atoms. The average Bonchev–Trinajstić information content (AvgIpc) is 2.48. The Labute approximate surface area is 127 Å². The third-order valence-electron chi connectivity index (χ3n) is 2.96. The first-order chi connectivity index (χ1) is 10.5. The van der Waals surface area contributed by atoms with Crippen LogP contribution in [0.4, 0.5) is 0 Å². The van der Waals surface area contributed by atoms with Crippen molar-refractivity contribution >= 4 is 12.0 Å². The van der Waals surface area contributed by atoms with E-state index in [1.165, 1.54) is 6.08 Å². The van der Waals surface area contributed by atoms with Gasteiger partial charge in [-0.1, -0.05) is 35.9 Å². The number of allylic oxidation sites excluding steroid dienone is 1. The van der Waals surface area contributed by atoms with Crippen LogP contribution in [0.15, 0.2) is 45.6 Å². The van der Waals surface area contributed by atoms with Gasteiger partial charge in [0, 0.05) is 6.07 Å². The van der Waals surface area contributed by atoms with Gasteiger partial charge >= 0.3 is 5.97 Å². The highest BCUT2D eigenvalue weighted by Crippen LogP contribution is 2.19. The molecule has 2 aromatic rings. The van der Waals surface area contributed by atoms with Crippen LogP contribution in [0.2, 0.25) is 0 Å². The first kappa shape index (κ1) is 15.6. The molecule has 0 spiro atoms. The van der Waals surface area contributed by atoms with E-state index < -0.39 is 17.2 Å². The molecule has 5 nitrogen and oxygen atoms in total. The minimum atomic E-state index is -1.30. The van der Waals surface area contributed by atoms with Crippen LogP contribution in [-0.2, 0) is 6.61 Å². The monoisotopic (exact) mass is 300 g/mol. The molecule has 0 aliphatic heterocycles. The first-order valence-corrected chi connectivity index (χ1v) is 6.73. The number of carboxylic acid groups (broad SMARTS) is 1. The van der Waals surface area contributed by atoms with E-state index in [9.17, 15) is 9.59 Å². The molecule has 0 saturated heterocycles.